The van der Waals surface area contributed by atoms with E-state index < -0.39 is 0 Å². The number of nitrogens with one attached hydrogen (secondary N) is 2. The van der Waals surface area contributed by atoms with E-state index in [0.29, 0.717) is 24.4 Å². The summed E-state index contributed by atoms with van der Waals surface area (Å²) in [5.74, 6) is 2.65. The second-order valence-corrected chi connectivity index (χ2v) is 7.50. The highest BCUT2D eigenvalue weighted by molar-refractivity contribution is 5.79. The third-order valence-electron chi connectivity index (χ3n) is 4.76. The Morgan fingerprint density at radius 2 is 1.96 bits per heavy atom. The average molecular weight is 350 g/mol. The Labute approximate surface area is 152 Å². The molecule has 2 rings (SSSR count). The van der Waals surface area contributed by atoms with E-state index in [1.54, 1.807) is 0 Å². The maximum absolute atomic E-state index is 5.38. The first-order valence-electron chi connectivity index (χ1n) is 9.73. The van der Waals surface area contributed by atoms with Crippen LogP contribution in [0.4, 0.5) is 0 Å². The van der Waals surface area contributed by atoms with Crippen LogP contribution in [0.2, 0.25) is 0 Å². The van der Waals surface area contributed by atoms with E-state index in [1.165, 1.54) is 25.9 Å². The Hall–Kier alpha value is -1.56. The van der Waals surface area contributed by atoms with E-state index >= 15 is 0 Å². The van der Waals surface area contributed by atoms with Gasteiger partial charge in [-0.05, 0) is 44.7 Å². The molecule has 0 aromatic carbocycles. The molecule has 0 amide bonds. The summed E-state index contributed by atoms with van der Waals surface area (Å²) in [6, 6.07) is 2.54. The number of hydrogen-bond donors (Lipinski definition) is 2. The van der Waals surface area contributed by atoms with Crippen molar-refractivity contribution in [3.8, 4) is 0 Å². The molecular formula is C19H35N5O. The molecule has 142 valence electrons. The summed E-state index contributed by atoms with van der Waals surface area (Å²) in [5, 5.41) is 10.9. The molecule has 2 N–H and O–H groups in total. The number of rotatable bonds is 8. The molecule has 25 heavy (non-hydrogen) atoms. The Morgan fingerprint density at radius 1 is 1.24 bits per heavy atom. The number of aliphatic imine (C=N–C) groups is 1. The van der Waals surface area contributed by atoms with Gasteiger partial charge in [0, 0.05) is 25.2 Å². The lowest BCUT2D eigenvalue weighted by Gasteiger charge is -2.31. The van der Waals surface area contributed by atoms with Gasteiger partial charge in [0.25, 0.3) is 0 Å². The summed E-state index contributed by atoms with van der Waals surface area (Å²) in [7, 11) is 0. The molecule has 0 aliphatic carbocycles. The molecule has 1 atom stereocenters. The van der Waals surface area contributed by atoms with Gasteiger partial charge in [-0.15, -0.1) is 0 Å². The van der Waals surface area contributed by atoms with Gasteiger partial charge in [0.15, 0.2) is 11.7 Å². The Bertz CT molecular complexity index is 532. The Morgan fingerprint density at radius 3 is 2.52 bits per heavy atom. The van der Waals surface area contributed by atoms with E-state index in [-0.39, 0.29) is 0 Å². The number of nitrogens with zero attached hydrogens (tertiary/aromatic N) is 3. The predicted octanol–water partition coefficient (Wildman–Crippen LogP) is 2.97. The number of hydrogen-bond acceptors (Lipinski definition) is 4. The van der Waals surface area contributed by atoms with Crippen molar-refractivity contribution in [3.05, 3.63) is 17.5 Å². The molecule has 1 unspecified atom stereocenters. The van der Waals surface area contributed by atoms with Gasteiger partial charge in [-0.25, -0.2) is 4.99 Å². The van der Waals surface area contributed by atoms with E-state index in [4.69, 9.17) is 4.52 Å². The highest BCUT2D eigenvalue weighted by Crippen LogP contribution is 2.17. The van der Waals surface area contributed by atoms with Crippen LogP contribution in [0.1, 0.15) is 64.8 Å². The first kappa shape index (κ1) is 19.8. The number of aromatic nitrogens is 1. The second-order valence-electron chi connectivity index (χ2n) is 7.50. The largest absolute Gasteiger partial charge is 0.359 e. The summed E-state index contributed by atoms with van der Waals surface area (Å²) >= 11 is 0. The maximum atomic E-state index is 5.38. The molecule has 1 aliphatic heterocycles. The molecule has 2 heterocycles. The molecule has 1 aromatic rings. The van der Waals surface area contributed by atoms with Gasteiger partial charge in [0.1, 0.15) is 6.54 Å². The summed E-state index contributed by atoms with van der Waals surface area (Å²) in [6.07, 6.45) is 2.64. The number of guanidine groups is 1. The molecule has 0 saturated carbocycles. The van der Waals surface area contributed by atoms with Gasteiger partial charge in [-0.3, -0.25) is 4.90 Å². The molecule has 6 heteroatoms. The van der Waals surface area contributed by atoms with Gasteiger partial charge >= 0.3 is 0 Å². The van der Waals surface area contributed by atoms with Crippen molar-refractivity contribution in [2.75, 3.05) is 26.2 Å². The van der Waals surface area contributed by atoms with Crippen LogP contribution in [0.15, 0.2) is 15.6 Å². The monoisotopic (exact) mass is 349 g/mol. The predicted molar refractivity (Wildman–Crippen MR) is 103 cm³/mol. The van der Waals surface area contributed by atoms with Crippen LogP contribution >= 0.6 is 0 Å². The lowest BCUT2D eigenvalue weighted by molar-refractivity contribution is 0.192. The molecule has 1 aliphatic rings. The summed E-state index contributed by atoms with van der Waals surface area (Å²) in [5.41, 5.74) is 0.983. The third-order valence-corrected chi connectivity index (χ3v) is 4.76. The van der Waals surface area contributed by atoms with Crippen LogP contribution in [-0.4, -0.2) is 48.2 Å². The molecular weight excluding hydrogens is 314 g/mol. The van der Waals surface area contributed by atoms with Crippen molar-refractivity contribution >= 4 is 5.96 Å². The minimum Gasteiger partial charge on any atom is -0.359 e. The van der Waals surface area contributed by atoms with E-state index in [0.717, 1.165) is 30.5 Å². The average Bonchev–Trinajstić information content (AvgIpc) is 3.24. The van der Waals surface area contributed by atoms with Crippen molar-refractivity contribution in [2.45, 2.75) is 66.0 Å². The second kappa shape index (κ2) is 9.80. The first-order chi connectivity index (χ1) is 12.0. The molecule has 1 aromatic heterocycles. The summed E-state index contributed by atoms with van der Waals surface area (Å²) in [6.45, 7) is 15.6. The third kappa shape index (κ3) is 6.03. The first-order valence-corrected chi connectivity index (χ1v) is 9.73. The van der Waals surface area contributed by atoms with Crippen LogP contribution < -0.4 is 10.6 Å². The van der Waals surface area contributed by atoms with Crippen molar-refractivity contribution in [1.29, 1.82) is 0 Å². The zero-order chi connectivity index (χ0) is 18.2. The van der Waals surface area contributed by atoms with E-state index in [9.17, 15) is 0 Å². The Balaban J connectivity index is 1.93. The van der Waals surface area contributed by atoms with Crippen molar-refractivity contribution in [3.63, 3.8) is 0 Å². The van der Waals surface area contributed by atoms with E-state index in [1.807, 2.05) is 6.07 Å². The van der Waals surface area contributed by atoms with Gasteiger partial charge in [-0.1, -0.05) is 32.9 Å². The highest BCUT2D eigenvalue weighted by atomic mass is 16.5. The fraction of sp³-hybridized carbons (Fsp3) is 0.789. The summed E-state index contributed by atoms with van der Waals surface area (Å²) < 4.78 is 5.38. The number of likely N-dealkylation sites (tertiary alicyclic amines) is 1. The summed E-state index contributed by atoms with van der Waals surface area (Å²) in [4.78, 5) is 7.26. The normalized spacial score (nSPS) is 17.5. The van der Waals surface area contributed by atoms with E-state index in [2.05, 4.69) is 60.3 Å². The smallest absolute Gasteiger partial charge is 0.191 e. The maximum Gasteiger partial charge on any atom is 0.191 e. The zero-order valence-corrected chi connectivity index (χ0v) is 16.5. The fourth-order valence-electron chi connectivity index (χ4n) is 3.24. The van der Waals surface area contributed by atoms with Crippen LogP contribution in [0.3, 0.4) is 0 Å². The minimum atomic E-state index is 0.375. The van der Waals surface area contributed by atoms with Crippen LogP contribution in [0.5, 0.6) is 0 Å². The van der Waals surface area contributed by atoms with Crippen molar-refractivity contribution in [1.82, 2.24) is 20.7 Å². The van der Waals surface area contributed by atoms with Gasteiger partial charge in [-0.2, -0.15) is 0 Å². The van der Waals surface area contributed by atoms with Crippen LogP contribution in [-0.2, 0) is 6.54 Å². The van der Waals surface area contributed by atoms with Gasteiger partial charge in [0.2, 0.25) is 0 Å². The standard InChI is InChI=1S/C19H35N5O/c1-6-20-19(21-12-16-11-17(14(2)3)23-25-16)22-13-18(15(4)5)24-9-7-8-10-24/h11,14-15,18H,6-10,12-13H2,1-5H3,(H2,20,21,22). The molecule has 1 fully saturated rings. The SMILES string of the molecule is CCNC(=NCc1cc(C(C)C)no1)NCC(C(C)C)N1CCCC1. The van der Waals surface area contributed by atoms with Crippen molar-refractivity contribution in [2.24, 2.45) is 10.9 Å². The quantitative estimate of drug-likeness (QED) is 0.558. The topological polar surface area (TPSA) is 65.7 Å². The van der Waals surface area contributed by atoms with Crippen LogP contribution in [0, 0.1) is 5.92 Å². The molecule has 0 radical (unpaired) electrons. The fourth-order valence-corrected chi connectivity index (χ4v) is 3.24. The molecule has 0 bridgehead atoms. The molecule has 1 saturated heterocycles. The lowest BCUT2D eigenvalue weighted by atomic mass is 10.0. The van der Waals surface area contributed by atoms with Crippen molar-refractivity contribution < 1.29 is 4.52 Å². The lowest BCUT2D eigenvalue weighted by Crippen LogP contribution is -2.48. The molecule has 6 nitrogen and oxygen atoms in total. The van der Waals surface area contributed by atoms with Crippen LogP contribution in [0.25, 0.3) is 0 Å². The Kier molecular flexibility index (Phi) is 7.75. The highest BCUT2D eigenvalue weighted by Gasteiger charge is 2.24. The van der Waals surface area contributed by atoms with Gasteiger partial charge in [0.05, 0.1) is 5.69 Å². The zero-order valence-electron chi connectivity index (χ0n) is 16.5. The molecule has 0 spiro atoms. The van der Waals surface area contributed by atoms with Gasteiger partial charge < -0.3 is 15.2 Å². The minimum absolute atomic E-state index is 0.375.